The van der Waals surface area contributed by atoms with Gasteiger partial charge in [-0.2, -0.15) is 4.98 Å². The molecule has 30 heavy (non-hydrogen) atoms. The molecular weight excluding hydrogens is 391 g/mol. The number of carbonyl (C=O) groups is 1. The van der Waals surface area contributed by atoms with Crippen molar-refractivity contribution in [3.05, 3.63) is 66.6 Å². The standard InChI is InChI=1S/C20H17FN6O3/c21-14-8-15(27(11-14)20(28)29-12-13-4-2-1-3-5-13)19-24-18(25-30-19)16-9-23-17-10-22-6-7-26(16)17/h1-7,9-10,14-15H,8,11-12H2/t14-,15-/m1/s1. The normalized spacial score (nSPS) is 18.8. The molecule has 0 spiro atoms. The van der Waals surface area contributed by atoms with Gasteiger partial charge in [0.1, 0.15) is 24.5 Å². The van der Waals surface area contributed by atoms with E-state index in [2.05, 4.69) is 20.1 Å². The van der Waals surface area contributed by atoms with E-state index in [1.807, 2.05) is 30.3 Å². The summed E-state index contributed by atoms with van der Waals surface area (Å²) in [5.41, 5.74) is 2.09. The summed E-state index contributed by atoms with van der Waals surface area (Å²) >= 11 is 0. The molecule has 1 aromatic carbocycles. The van der Waals surface area contributed by atoms with Crippen LogP contribution in [-0.4, -0.2) is 48.2 Å². The van der Waals surface area contributed by atoms with Gasteiger partial charge in [0.15, 0.2) is 5.65 Å². The fraction of sp³-hybridized carbons (Fsp3) is 0.250. The Morgan fingerprint density at radius 2 is 2.13 bits per heavy atom. The second-order valence-electron chi connectivity index (χ2n) is 6.95. The van der Waals surface area contributed by atoms with Crippen molar-refractivity contribution >= 4 is 11.7 Å². The van der Waals surface area contributed by atoms with Gasteiger partial charge in [0, 0.05) is 18.8 Å². The lowest BCUT2D eigenvalue weighted by molar-refractivity contribution is 0.0854. The lowest BCUT2D eigenvalue weighted by Gasteiger charge is -2.20. The number of halogens is 1. The molecule has 0 N–H and O–H groups in total. The zero-order valence-electron chi connectivity index (χ0n) is 15.8. The minimum absolute atomic E-state index is 0.0686. The average Bonchev–Trinajstić information content (AvgIpc) is 3.50. The number of hydrogen-bond donors (Lipinski definition) is 0. The van der Waals surface area contributed by atoms with Crippen molar-refractivity contribution < 1.29 is 18.4 Å². The molecular formula is C20H17FN6O3. The summed E-state index contributed by atoms with van der Waals surface area (Å²) in [5.74, 6) is 0.453. The second-order valence-corrected chi connectivity index (χ2v) is 6.95. The van der Waals surface area contributed by atoms with Crippen LogP contribution in [0.5, 0.6) is 0 Å². The first-order valence-electron chi connectivity index (χ1n) is 9.41. The van der Waals surface area contributed by atoms with Gasteiger partial charge >= 0.3 is 6.09 Å². The van der Waals surface area contributed by atoms with Crippen LogP contribution < -0.4 is 0 Å². The van der Waals surface area contributed by atoms with E-state index in [1.165, 1.54) is 4.90 Å². The first-order chi connectivity index (χ1) is 14.7. The summed E-state index contributed by atoms with van der Waals surface area (Å²) in [6.45, 7) is 0.0159. The van der Waals surface area contributed by atoms with Crippen molar-refractivity contribution in [3.63, 3.8) is 0 Å². The molecule has 0 aliphatic carbocycles. The Bertz CT molecular complexity index is 1180. The molecule has 0 unspecified atom stereocenters. The quantitative estimate of drug-likeness (QED) is 0.511. The second kappa shape index (κ2) is 7.54. The summed E-state index contributed by atoms with van der Waals surface area (Å²) in [4.78, 5) is 26.5. The lowest BCUT2D eigenvalue weighted by atomic mass is 10.2. The Balaban J connectivity index is 1.35. The third-order valence-corrected chi connectivity index (χ3v) is 4.96. The minimum atomic E-state index is -1.20. The van der Waals surface area contributed by atoms with Crippen LogP contribution in [0.25, 0.3) is 17.2 Å². The smallest absolute Gasteiger partial charge is 0.410 e. The molecule has 1 aliphatic heterocycles. The molecule has 2 atom stereocenters. The molecule has 0 radical (unpaired) electrons. The highest BCUT2D eigenvalue weighted by molar-refractivity contribution is 5.68. The molecule has 1 amide bonds. The Morgan fingerprint density at radius 1 is 1.27 bits per heavy atom. The van der Waals surface area contributed by atoms with Gasteiger partial charge in [-0.05, 0) is 5.56 Å². The molecule has 1 saturated heterocycles. The van der Waals surface area contributed by atoms with Gasteiger partial charge in [-0.1, -0.05) is 35.5 Å². The Kier molecular flexibility index (Phi) is 4.58. The number of imidazole rings is 1. The molecule has 0 bridgehead atoms. The van der Waals surface area contributed by atoms with E-state index in [0.717, 1.165) is 5.56 Å². The Labute approximate surface area is 170 Å². The SMILES string of the molecule is O=C(OCc1ccccc1)N1C[C@H](F)C[C@@H]1c1nc(-c2cnc3cnccn23)no1. The van der Waals surface area contributed by atoms with Crippen molar-refractivity contribution in [1.29, 1.82) is 0 Å². The predicted octanol–water partition coefficient (Wildman–Crippen LogP) is 3.20. The number of benzene rings is 1. The third kappa shape index (κ3) is 3.36. The van der Waals surface area contributed by atoms with E-state index >= 15 is 0 Å². The number of fused-ring (bicyclic) bond motifs is 1. The number of carbonyl (C=O) groups excluding carboxylic acids is 1. The molecule has 4 aromatic rings. The molecule has 4 heterocycles. The summed E-state index contributed by atoms with van der Waals surface area (Å²) < 4.78 is 26.7. The Hall–Kier alpha value is -3.82. The van der Waals surface area contributed by atoms with Gasteiger partial charge in [0.25, 0.3) is 0 Å². The number of aromatic nitrogens is 5. The van der Waals surface area contributed by atoms with Crippen LogP contribution in [0.1, 0.15) is 23.9 Å². The maximum absolute atomic E-state index is 14.2. The molecule has 1 fully saturated rings. The van der Waals surface area contributed by atoms with E-state index < -0.39 is 18.3 Å². The van der Waals surface area contributed by atoms with Crippen molar-refractivity contribution in [1.82, 2.24) is 29.4 Å². The van der Waals surface area contributed by atoms with Crippen molar-refractivity contribution in [2.45, 2.75) is 25.2 Å². The highest BCUT2D eigenvalue weighted by atomic mass is 19.1. The van der Waals surface area contributed by atoms with Crippen LogP contribution in [0, 0.1) is 0 Å². The van der Waals surface area contributed by atoms with Crippen LogP contribution in [0.2, 0.25) is 0 Å². The average molecular weight is 408 g/mol. The van der Waals surface area contributed by atoms with E-state index in [-0.39, 0.29) is 25.5 Å². The van der Waals surface area contributed by atoms with Crippen LogP contribution in [-0.2, 0) is 11.3 Å². The van der Waals surface area contributed by atoms with Crippen LogP contribution in [0.4, 0.5) is 9.18 Å². The van der Waals surface area contributed by atoms with Crippen LogP contribution in [0.3, 0.4) is 0 Å². The summed E-state index contributed by atoms with van der Waals surface area (Å²) in [7, 11) is 0. The highest BCUT2D eigenvalue weighted by Gasteiger charge is 2.40. The maximum atomic E-state index is 14.2. The number of nitrogens with zero attached hydrogens (tertiary/aromatic N) is 6. The topological polar surface area (TPSA) is 98.7 Å². The molecule has 3 aromatic heterocycles. The van der Waals surface area contributed by atoms with E-state index in [1.54, 1.807) is 29.2 Å². The summed E-state index contributed by atoms with van der Waals surface area (Å²) in [5, 5.41) is 4.00. The number of rotatable bonds is 4. The molecule has 9 nitrogen and oxygen atoms in total. The molecule has 152 valence electrons. The fourth-order valence-corrected chi connectivity index (χ4v) is 3.51. The first kappa shape index (κ1) is 18.2. The fourth-order valence-electron chi connectivity index (χ4n) is 3.51. The van der Waals surface area contributed by atoms with E-state index in [9.17, 15) is 9.18 Å². The van der Waals surface area contributed by atoms with Gasteiger partial charge < -0.3 is 9.26 Å². The number of amides is 1. The third-order valence-electron chi connectivity index (χ3n) is 4.96. The number of hydrogen-bond acceptors (Lipinski definition) is 7. The van der Waals surface area contributed by atoms with Crippen LogP contribution >= 0.6 is 0 Å². The number of likely N-dealkylation sites (tertiary alicyclic amines) is 1. The molecule has 10 heteroatoms. The van der Waals surface area contributed by atoms with E-state index in [4.69, 9.17) is 9.26 Å². The minimum Gasteiger partial charge on any atom is -0.445 e. The van der Waals surface area contributed by atoms with Gasteiger partial charge in [-0.25, -0.2) is 14.2 Å². The van der Waals surface area contributed by atoms with Crippen molar-refractivity contribution in [3.8, 4) is 11.5 Å². The number of ether oxygens (including phenoxy) is 1. The molecule has 0 saturated carbocycles. The van der Waals surface area contributed by atoms with E-state index in [0.29, 0.717) is 17.2 Å². The maximum Gasteiger partial charge on any atom is 0.410 e. The largest absolute Gasteiger partial charge is 0.445 e. The summed E-state index contributed by atoms with van der Waals surface area (Å²) in [6, 6.07) is 8.60. The zero-order valence-corrected chi connectivity index (χ0v) is 15.8. The van der Waals surface area contributed by atoms with Crippen LogP contribution in [0.15, 0.2) is 59.6 Å². The van der Waals surface area contributed by atoms with Gasteiger partial charge in [-0.3, -0.25) is 14.3 Å². The number of alkyl halides is 1. The predicted molar refractivity (Wildman–Crippen MR) is 102 cm³/mol. The van der Waals surface area contributed by atoms with Gasteiger partial charge in [0.2, 0.25) is 11.7 Å². The monoisotopic (exact) mass is 408 g/mol. The van der Waals surface area contributed by atoms with Crippen molar-refractivity contribution in [2.75, 3.05) is 6.54 Å². The lowest BCUT2D eigenvalue weighted by Crippen LogP contribution is -2.32. The first-order valence-corrected chi connectivity index (χ1v) is 9.41. The van der Waals surface area contributed by atoms with Gasteiger partial charge in [0.05, 0.1) is 18.9 Å². The zero-order chi connectivity index (χ0) is 20.5. The van der Waals surface area contributed by atoms with Gasteiger partial charge in [-0.15, -0.1) is 0 Å². The van der Waals surface area contributed by atoms with Crippen molar-refractivity contribution in [2.24, 2.45) is 0 Å². The highest BCUT2D eigenvalue weighted by Crippen LogP contribution is 2.34. The molecule has 1 aliphatic rings. The molecule has 5 rings (SSSR count). The summed E-state index contributed by atoms with van der Waals surface area (Å²) in [6.07, 6.45) is 4.81. The Morgan fingerprint density at radius 3 is 3.00 bits per heavy atom.